The van der Waals surface area contributed by atoms with E-state index in [-0.39, 0.29) is 0 Å². The zero-order chi connectivity index (χ0) is 11.3. The smallest absolute Gasteiger partial charge is 0.0727 e. The normalized spacial score (nSPS) is 19.7. The second-order valence-corrected chi connectivity index (χ2v) is 5.07. The van der Waals surface area contributed by atoms with Crippen LogP contribution in [0.5, 0.6) is 0 Å². The predicted octanol–water partition coefficient (Wildman–Crippen LogP) is 1.08. The minimum absolute atomic E-state index is 0.649. The Kier molecular flexibility index (Phi) is 5.50. The van der Waals surface area contributed by atoms with E-state index >= 15 is 0 Å². The molecular formula is C11H23N3S. The number of nitrogens with zero attached hydrogens (tertiary/aromatic N) is 2. The van der Waals surface area contributed by atoms with E-state index in [0.29, 0.717) is 11.0 Å². The van der Waals surface area contributed by atoms with E-state index in [9.17, 15) is 0 Å². The maximum absolute atomic E-state index is 5.47. The third-order valence-corrected chi connectivity index (χ3v) is 3.24. The van der Waals surface area contributed by atoms with Gasteiger partial charge in [-0.25, -0.2) is 0 Å². The number of rotatable bonds is 5. The molecule has 0 aromatic rings. The highest BCUT2D eigenvalue weighted by Crippen LogP contribution is 2.06. The maximum atomic E-state index is 5.47. The minimum Gasteiger partial charge on any atom is -0.393 e. The largest absolute Gasteiger partial charge is 0.393 e. The van der Waals surface area contributed by atoms with Gasteiger partial charge in [0.25, 0.3) is 0 Å². The molecular weight excluding hydrogens is 206 g/mol. The van der Waals surface area contributed by atoms with Crippen LogP contribution in [0, 0.1) is 0 Å². The van der Waals surface area contributed by atoms with Crippen LogP contribution in [0.3, 0.4) is 0 Å². The summed E-state index contributed by atoms with van der Waals surface area (Å²) in [7, 11) is 0. The fourth-order valence-electron chi connectivity index (χ4n) is 1.98. The van der Waals surface area contributed by atoms with Crippen LogP contribution in [0.15, 0.2) is 0 Å². The summed E-state index contributed by atoms with van der Waals surface area (Å²) in [6.45, 7) is 10.5. The summed E-state index contributed by atoms with van der Waals surface area (Å²) in [5.74, 6) is 0. The summed E-state index contributed by atoms with van der Waals surface area (Å²) in [5.41, 5.74) is 5.47. The molecule has 1 heterocycles. The van der Waals surface area contributed by atoms with Crippen molar-refractivity contribution in [3.63, 3.8) is 0 Å². The lowest BCUT2D eigenvalue weighted by molar-refractivity contribution is 0.108. The van der Waals surface area contributed by atoms with E-state index in [1.165, 1.54) is 26.2 Å². The van der Waals surface area contributed by atoms with Gasteiger partial charge < -0.3 is 10.6 Å². The predicted molar refractivity (Wildman–Crippen MR) is 69.2 cm³/mol. The second-order valence-electron chi connectivity index (χ2n) is 4.54. The van der Waals surface area contributed by atoms with Crippen LogP contribution >= 0.6 is 12.2 Å². The van der Waals surface area contributed by atoms with Crippen LogP contribution in [-0.2, 0) is 0 Å². The van der Waals surface area contributed by atoms with Crippen molar-refractivity contribution in [2.45, 2.75) is 32.7 Å². The quantitative estimate of drug-likeness (QED) is 0.715. The molecule has 1 saturated heterocycles. The highest BCUT2D eigenvalue weighted by Gasteiger charge is 2.17. The molecule has 88 valence electrons. The summed E-state index contributed by atoms with van der Waals surface area (Å²) in [4.78, 5) is 5.69. The van der Waals surface area contributed by atoms with E-state index in [0.717, 1.165) is 19.4 Å². The Labute approximate surface area is 98.6 Å². The first kappa shape index (κ1) is 12.9. The molecule has 0 aromatic carbocycles. The molecule has 3 nitrogen and oxygen atoms in total. The SMILES string of the molecule is CC(C)N1CCN(CCCC(N)=S)CC1. The van der Waals surface area contributed by atoms with Crippen molar-refractivity contribution in [1.82, 2.24) is 9.80 Å². The van der Waals surface area contributed by atoms with Crippen molar-refractivity contribution < 1.29 is 0 Å². The van der Waals surface area contributed by atoms with Gasteiger partial charge in [-0.15, -0.1) is 0 Å². The Morgan fingerprint density at radius 2 is 1.87 bits per heavy atom. The standard InChI is InChI=1S/C11H23N3S/c1-10(2)14-8-6-13(7-9-14)5-3-4-11(12)15/h10H,3-9H2,1-2H3,(H2,12,15). The monoisotopic (exact) mass is 229 g/mol. The van der Waals surface area contributed by atoms with Crippen molar-refractivity contribution in [1.29, 1.82) is 0 Å². The Hall–Kier alpha value is -0.190. The van der Waals surface area contributed by atoms with Gasteiger partial charge in [-0.3, -0.25) is 4.90 Å². The lowest BCUT2D eigenvalue weighted by Crippen LogP contribution is -2.48. The minimum atomic E-state index is 0.649. The number of hydrogen-bond donors (Lipinski definition) is 1. The second kappa shape index (κ2) is 6.40. The molecule has 1 fully saturated rings. The van der Waals surface area contributed by atoms with Crippen molar-refractivity contribution in [2.24, 2.45) is 5.73 Å². The molecule has 1 aliphatic rings. The third-order valence-electron chi connectivity index (χ3n) is 3.03. The highest BCUT2D eigenvalue weighted by atomic mass is 32.1. The van der Waals surface area contributed by atoms with Gasteiger partial charge >= 0.3 is 0 Å². The molecule has 2 N–H and O–H groups in total. The van der Waals surface area contributed by atoms with Gasteiger partial charge in [-0.1, -0.05) is 12.2 Å². The summed E-state index contributed by atoms with van der Waals surface area (Å²) in [6, 6.07) is 0.684. The van der Waals surface area contributed by atoms with Gasteiger partial charge in [0, 0.05) is 32.2 Å². The fourth-order valence-corrected chi connectivity index (χ4v) is 2.12. The Morgan fingerprint density at radius 3 is 2.33 bits per heavy atom. The van der Waals surface area contributed by atoms with Crippen LogP contribution in [-0.4, -0.2) is 53.6 Å². The van der Waals surface area contributed by atoms with E-state index in [4.69, 9.17) is 18.0 Å². The number of hydrogen-bond acceptors (Lipinski definition) is 3. The van der Waals surface area contributed by atoms with E-state index < -0.39 is 0 Å². The number of piperazine rings is 1. The molecule has 15 heavy (non-hydrogen) atoms. The third kappa shape index (κ3) is 4.91. The van der Waals surface area contributed by atoms with Crippen molar-refractivity contribution in [2.75, 3.05) is 32.7 Å². The fraction of sp³-hybridized carbons (Fsp3) is 0.909. The molecule has 0 unspecified atom stereocenters. The average molecular weight is 229 g/mol. The molecule has 0 aliphatic carbocycles. The first-order valence-corrected chi connectivity index (χ1v) is 6.25. The van der Waals surface area contributed by atoms with Crippen LogP contribution in [0.2, 0.25) is 0 Å². The van der Waals surface area contributed by atoms with Crippen molar-refractivity contribution >= 4 is 17.2 Å². The number of thiocarbonyl (C=S) groups is 1. The molecule has 0 radical (unpaired) electrons. The molecule has 0 amide bonds. The lowest BCUT2D eigenvalue weighted by atomic mass is 10.2. The molecule has 1 aliphatic heterocycles. The van der Waals surface area contributed by atoms with Gasteiger partial charge in [-0.05, 0) is 33.2 Å². The van der Waals surface area contributed by atoms with Crippen LogP contribution in [0.25, 0.3) is 0 Å². The number of nitrogens with two attached hydrogens (primary N) is 1. The lowest BCUT2D eigenvalue weighted by Gasteiger charge is -2.36. The summed E-state index contributed by atoms with van der Waals surface area (Å²) in [5, 5.41) is 0. The molecule has 4 heteroatoms. The van der Waals surface area contributed by atoms with Gasteiger partial charge in [-0.2, -0.15) is 0 Å². The topological polar surface area (TPSA) is 32.5 Å². The van der Waals surface area contributed by atoms with E-state index in [1.54, 1.807) is 0 Å². The van der Waals surface area contributed by atoms with Gasteiger partial charge in [0.2, 0.25) is 0 Å². The van der Waals surface area contributed by atoms with Crippen LogP contribution in [0.1, 0.15) is 26.7 Å². The molecule has 0 aromatic heterocycles. The van der Waals surface area contributed by atoms with Crippen molar-refractivity contribution in [3.05, 3.63) is 0 Å². The average Bonchev–Trinajstić information content (AvgIpc) is 2.18. The first-order valence-electron chi connectivity index (χ1n) is 5.84. The summed E-state index contributed by atoms with van der Waals surface area (Å²) >= 11 is 4.87. The van der Waals surface area contributed by atoms with E-state index in [1.807, 2.05) is 0 Å². The van der Waals surface area contributed by atoms with Crippen LogP contribution in [0.4, 0.5) is 0 Å². The zero-order valence-electron chi connectivity index (χ0n) is 9.91. The van der Waals surface area contributed by atoms with Crippen LogP contribution < -0.4 is 5.73 Å². The molecule has 0 spiro atoms. The van der Waals surface area contributed by atoms with Gasteiger partial charge in [0.1, 0.15) is 0 Å². The zero-order valence-corrected chi connectivity index (χ0v) is 10.7. The first-order chi connectivity index (χ1) is 7.09. The molecule has 0 saturated carbocycles. The molecule has 0 atom stereocenters. The summed E-state index contributed by atoms with van der Waals surface area (Å²) in [6.07, 6.45) is 2.00. The van der Waals surface area contributed by atoms with Gasteiger partial charge in [0.05, 0.1) is 4.99 Å². The Balaban J connectivity index is 2.12. The maximum Gasteiger partial charge on any atom is 0.0727 e. The Bertz CT molecular complexity index is 198. The highest BCUT2D eigenvalue weighted by molar-refractivity contribution is 7.80. The Morgan fingerprint density at radius 1 is 1.27 bits per heavy atom. The van der Waals surface area contributed by atoms with Crippen molar-refractivity contribution in [3.8, 4) is 0 Å². The van der Waals surface area contributed by atoms with Gasteiger partial charge in [0.15, 0.2) is 0 Å². The summed E-state index contributed by atoms with van der Waals surface area (Å²) < 4.78 is 0. The molecule has 0 bridgehead atoms. The molecule has 1 rings (SSSR count). The van der Waals surface area contributed by atoms with E-state index in [2.05, 4.69) is 23.6 Å².